The number of rotatable bonds is 6. The van der Waals surface area contributed by atoms with E-state index in [1.54, 1.807) is 0 Å². The van der Waals surface area contributed by atoms with E-state index in [0.29, 0.717) is 5.56 Å². The number of benzene rings is 3. The van der Waals surface area contributed by atoms with Crippen LogP contribution in [0.15, 0.2) is 65.6 Å². The van der Waals surface area contributed by atoms with Gasteiger partial charge in [-0.1, -0.05) is 24.3 Å². The second-order valence-corrected chi connectivity index (χ2v) is 8.50. The molecule has 3 aromatic rings. The fraction of sp³-hybridized carbons (Fsp3) is 0.100. The van der Waals surface area contributed by atoms with Gasteiger partial charge in [-0.15, -0.1) is 0 Å². The molecule has 0 aliphatic rings. The van der Waals surface area contributed by atoms with Crippen molar-refractivity contribution in [1.82, 2.24) is 0 Å². The Kier molecular flexibility index (Phi) is 5.79. The van der Waals surface area contributed by atoms with Gasteiger partial charge < -0.3 is 5.32 Å². The predicted molar refractivity (Wildman–Crippen MR) is 104 cm³/mol. The van der Waals surface area contributed by atoms with Crippen molar-refractivity contribution >= 4 is 21.2 Å². The molecule has 30 heavy (non-hydrogen) atoms. The zero-order valence-electron chi connectivity index (χ0n) is 15.5. The normalized spacial score (nSPS) is 12.4. The van der Waals surface area contributed by atoms with Crippen LogP contribution in [0, 0.1) is 27.6 Å². The number of hydrogen-bond acceptors (Lipinski definition) is 5. The lowest BCUT2D eigenvalue weighted by molar-refractivity contribution is -0.386. The molecule has 10 heteroatoms. The van der Waals surface area contributed by atoms with E-state index in [4.69, 9.17) is 0 Å². The molecule has 0 heterocycles. The highest BCUT2D eigenvalue weighted by atomic mass is 32.2. The van der Waals surface area contributed by atoms with Crippen molar-refractivity contribution in [3.63, 3.8) is 0 Å². The molecule has 3 rings (SSSR count). The summed E-state index contributed by atoms with van der Waals surface area (Å²) in [6, 6.07) is 11.0. The Hall–Kier alpha value is -3.40. The molecule has 0 aliphatic carbocycles. The van der Waals surface area contributed by atoms with Gasteiger partial charge in [0, 0.05) is 6.26 Å². The van der Waals surface area contributed by atoms with Crippen molar-refractivity contribution < 1.29 is 26.5 Å². The maximum absolute atomic E-state index is 14.0. The average Bonchev–Trinajstić information content (AvgIpc) is 2.67. The Morgan fingerprint density at radius 3 is 2.20 bits per heavy atom. The summed E-state index contributed by atoms with van der Waals surface area (Å²) in [7, 11) is -3.59. The van der Waals surface area contributed by atoms with Crippen LogP contribution in [0.5, 0.6) is 0 Å². The quantitative estimate of drug-likeness (QED) is 0.450. The summed E-state index contributed by atoms with van der Waals surface area (Å²) in [6.07, 6.45) is 1.00. The van der Waals surface area contributed by atoms with Gasteiger partial charge in [-0.05, 0) is 47.5 Å². The average molecular weight is 436 g/mol. The van der Waals surface area contributed by atoms with E-state index < -0.39 is 43.9 Å². The van der Waals surface area contributed by atoms with E-state index in [2.05, 4.69) is 5.32 Å². The third-order valence-electron chi connectivity index (χ3n) is 4.37. The molecule has 156 valence electrons. The number of nitro benzene ring substituents is 1. The third-order valence-corrected chi connectivity index (χ3v) is 5.48. The molecule has 0 fully saturated rings. The van der Waals surface area contributed by atoms with Crippen LogP contribution < -0.4 is 5.32 Å². The summed E-state index contributed by atoms with van der Waals surface area (Å²) in [6.45, 7) is 0. The Morgan fingerprint density at radius 2 is 1.57 bits per heavy atom. The number of para-hydroxylation sites is 1. The molecular formula is C20H15F3N2O4S. The van der Waals surface area contributed by atoms with Crippen molar-refractivity contribution in [2.75, 3.05) is 11.6 Å². The molecule has 0 aliphatic heterocycles. The molecule has 0 aromatic heterocycles. The molecule has 0 amide bonds. The van der Waals surface area contributed by atoms with E-state index in [-0.39, 0.29) is 16.1 Å². The zero-order chi connectivity index (χ0) is 22.1. The first-order chi connectivity index (χ1) is 14.1. The summed E-state index contributed by atoms with van der Waals surface area (Å²) in [4.78, 5) is 10.4. The van der Waals surface area contributed by atoms with Crippen LogP contribution >= 0.6 is 0 Å². The first-order valence-electron chi connectivity index (χ1n) is 8.52. The molecule has 1 atom stereocenters. The third kappa shape index (κ3) is 4.43. The van der Waals surface area contributed by atoms with Crippen LogP contribution in [0.4, 0.5) is 24.5 Å². The van der Waals surface area contributed by atoms with Gasteiger partial charge in [-0.2, -0.15) is 4.39 Å². The summed E-state index contributed by atoms with van der Waals surface area (Å²) < 4.78 is 65.2. The molecule has 0 bridgehead atoms. The number of hydrogen-bond donors (Lipinski definition) is 1. The van der Waals surface area contributed by atoms with Crippen molar-refractivity contribution in [3.05, 3.63) is 99.4 Å². The second kappa shape index (κ2) is 8.15. The number of halogens is 3. The van der Waals surface area contributed by atoms with Crippen LogP contribution in [0.2, 0.25) is 0 Å². The molecule has 0 spiro atoms. The van der Waals surface area contributed by atoms with E-state index in [1.165, 1.54) is 42.5 Å². The minimum absolute atomic E-state index is 0.0388. The van der Waals surface area contributed by atoms with Gasteiger partial charge in [0.15, 0.2) is 21.5 Å². The van der Waals surface area contributed by atoms with Crippen LogP contribution in [-0.4, -0.2) is 19.6 Å². The molecule has 1 unspecified atom stereocenters. The van der Waals surface area contributed by atoms with Gasteiger partial charge in [-0.3, -0.25) is 10.1 Å². The van der Waals surface area contributed by atoms with Gasteiger partial charge >= 0.3 is 5.69 Å². The van der Waals surface area contributed by atoms with Crippen LogP contribution in [0.3, 0.4) is 0 Å². The van der Waals surface area contributed by atoms with Crippen molar-refractivity contribution in [2.24, 2.45) is 0 Å². The van der Waals surface area contributed by atoms with Crippen LogP contribution in [0.25, 0.3) is 0 Å². The lowest BCUT2D eigenvalue weighted by Gasteiger charge is -2.22. The first-order valence-corrected chi connectivity index (χ1v) is 10.4. The molecule has 1 N–H and O–H groups in total. The smallest absolute Gasteiger partial charge is 0.327 e. The monoisotopic (exact) mass is 436 g/mol. The number of nitrogens with zero attached hydrogens (tertiary/aromatic N) is 1. The molecule has 6 nitrogen and oxygen atoms in total. The molecule has 3 aromatic carbocycles. The molecular weight excluding hydrogens is 421 g/mol. The second-order valence-electron chi connectivity index (χ2n) is 6.49. The zero-order valence-corrected chi connectivity index (χ0v) is 16.3. The maximum Gasteiger partial charge on any atom is 0.327 e. The first kappa shape index (κ1) is 21.3. The van der Waals surface area contributed by atoms with Crippen molar-refractivity contribution in [1.29, 1.82) is 0 Å². The summed E-state index contributed by atoms with van der Waals surface area (Å²) in [5.41, 5.74) is -0.593. The van der Waals surface area contributed by atoms with E-state index in [0.717, 1.165) is 24.5 Å². The molecule has 0 saturated carbocycles. The minimum Gasteiger partial charge on any atom is -0.368 e. The Bertz CT molecular complexity index is 1230. The van der Waals surface area contributed by atoms with E-state index >= 15 is 0 Å². The number of nitrogens with one attached hydrogen (secondary N) is 1. The fourth-order valence-electron chi connectivity index (χ4n) is 2.95. The standard InChI is InChI=1S/C20H15F3N2O4S/c1-30(28,29)14-5-2-4-12(10-14)19(13-8-9-15(21)17(23)11-13)24-18-7-3-6-16(22)20(18)25(26)27/h2-11,19,24H,1H3. The Labute approximate surface area is 170 Å². The van der Waals surface area contributed by atoms with E-state index in [1.807, 2.05) is 0 Å². The SMILES string of the molecule is CS(=O)(=O)c1cccc(C(Nc2cccc(F)c2[N+](=O)[O-])c2ccc(F)c(F)c2)c1. The number of sulfone groups is 1. The highest BCUT2D eigenvalue weighted by molar-refractivity contribution is 7.90. The van der Waals surface area contributed by atoms with Gasteiger partial charge in [0.25, 0.3) is 0 Å². The summed E-state index contributed by atoms with van der Waals surface area (Å²) >= 11 is 0. The van der Waals surface area contributed by atoms with Gasteiger partial charge in [0.05, 0.1) is 15.9 Å². The Morgan fingerprint density at radius 1 is 0.900 bits per heavy atom. The number of nitro groups is 1. The molecule has 0 radical (unpaired) electrons. The highest BCUT2D eigenvalue weighted by Gasteiger charge is 2.25. The summed E-state index contributed by atoms with van der Waals surface area (Å²) in [5.74, 6) is -3.34. The largest absolute Gasteiger partial charge is 0.368 e. The maximum atomic E-state index is 14.0. The molecule has 0 saturated heterocycles. The predicted octanol–water partition coefficient (Wildman–Crippen LogP) is 4.62. The minimum atomic E-state index is -3.59. The van der Waals surface area contributed by atoms with Crippen LogP contribution in [-0.2, 0) is 9.84 Å². The highest BCUT2D eigenvalue weighted by Crippen LogP contribution is 2.34. The van der Waals surface area contributed by atoms with Gasteiger partial charge in [0.2, 0.25) is 5.82 Å². The topological polar surface area (TPSA) is 89.3 Å². The van der Waals surface area contributed by atoms with Crippen molar-refractivity contribution in [3.8, 4) is 0 Å². The lowest BCUT2D eigenvalue weighted by Crippen LogP contribution is -2.15. The summed E-state index contributed by atoms with van der Waals surface area (Å²) in [5, 5.41) is 14.1. The number of anilines is 1. The fourth-order valence-corrected chi connectivity index (χ4v) is 3.62. The van der Waals surface area contributed by atoms with Crippen LogP contribution in [0.1, 0.15) is 17.2 Å². The Balaban J connectivity index is 2.18. The van der Waals surface area contributed by atoms with Gasteiger partial charge in [0.1, 0.15) is 5.69 Å². The van der Waals surface area contributed by atoms with Crippen molar-refractivity contribution in [2.45, 2.75) is 10.9 Å². The van der Waals surface area contributed by atoms with E-state index in [9.17, 15) is 31.7 Å². The van der Waals surface area contributed by atoms with Gasteiger partial charge in [-0.25, -0.2) is 17.2 Å². The lowest BCUT2D eigenvalue weighted by atomic mass is 9.98.